The summed E-state index contributed by atoms with van der Waals surface area (Å²) >= 11 is 0. The van der Waals surface area contributed by atoms with E-state index in [2.05, 4.69) is 0 Å². The van der Waals surface area contributed by atoms with Gasteiger partial charge in [0.25, 0.3) is 0 Å². The maximum Gasteiger partial charge on any atom is 0.415 e. The summed E-state index contributed by atoms with van der Waals surface area (Å²) in [5.41, 5.74) is 0. The van der Waals surface area contributed by atoms with Crippen LogP contribution in [0.5, 0.6) is 0 Å². The van der Waals surface area contributed by atoms with Crippen LogP contribution in [0.15, 0.2) is 0 Å². The molecular weight excluding hydrogens is 311 g/mol. The van der Waals surface area contributed by atoms with Gasteiger partial charge >= 0.3 is 6.18 Å². The first-order valence-electron chi connectivity index (χ1n) is 5.38. The van der Waals surface area contributed by atoms with Gasteiger partial charge < -0.3 is 5.11 Å². The molecular formula is C8H14F3NO5S2. The molecule has 1 atom stereocenters. The molecule has 1 rings (SSSR count). The van der Waals surface area contributed by atoms with Crippen molar-refractivity contribution in [2.24, 2.45) is 0 Å². The average molecular weight is 325 g/mol. The summed E-state index contributed by atoms with van der Waals surface area (Å²) in [4.78, 5) is 0. The van der Waals surface area contributed by atoms with Crippen molar-refractivity contribution < 1.29 is 35.1 Å². The van der Waals surface area contributed by atoms with Crippen LogP contribution in [0.2, 0.25) is 0 Å². The lowest BCUT2D eigenvalue weighted by molar-refractivity contribution is -0.200. The lowest BCUT2D eigenvalue weighted by atomic mass is 10.2. The molecule has 1 aliphatic heterocycles. The highest BCUT2D eigenvalue weighted by atomic mass is 32.2. The second-order valence-corrected chi connectivity index (χ2v) is 8.65. The third-order valence-electron chi connectivity index (χ3n) is 2.80. The SMILES string of the molecule is O=S1(=O)CCC(S(=O)(=O)NCC(O)C(F)(F)F)CC1. The molecule has 2 N–H and O–H groups in total. The normalized spacial score (nSPS) is 23.2. The Morgan fingerprint density at radius 3 is 2.16 bits per heavy atom. The second kappa shape index (κ2) is 5.54. The molecule has 0 aromatic rings. The van der Waals surface area contributed by atoms with Crippen LogP contribution in [0, 0.1) is 0 Å². The van der Waals surface area contributed by atoms with E-state index in [-0.39, 0.29) is 24.3 Å². The van der Waals surface area contributed by atoms with E-state index in [0.717, 1.165) is 0 Å². The van der Waals surface area contributed by atoms with Crippen LogP contribution in [-0.2, 0) is 19.9 Å². The van der Waals surface area contributed by atoms with Gasteiger partial charge in [0.1, 0.15) is 9.84 Å². The Bertz CT molecular complexity index is 499. The van der Waals surface area contributed by atoms with Crippen molar-refractivity contribution >= 4 is 19.9 Å². The highest BCUT2D eigenvalue weighted by molar-refractivity contribution is 7.92. The molecule has 1 unspecified atom stereocenters. The van der Waals surface area contributed by atoms with E-state index in [1.165, 1.54) is 0 Å². The number of hydrogen-bond donors (Lipinski definition) is 2. The van der Waals surface area contributed by atoms with Gasteiger partial charge in [-0.25, -0.2) is 21.6 Å². The van der Waals surface area contributed by atoms with Gasteiger partial charge in [0.2, 0.25) is 10.0 Å². The summed E-state index contributed by atoms with van der Waals surface area (Å²) < 4.78 is 83.2. The molecule has 19 heavy (non-hydrogen) atoms. The first-order chi connectivity index (χ1) is 8.44. The fourth-order valence-corrected chi connectivity index (χ4v) is 4.88. The number of hydrogen-bond acceptors (Lipinski definition) is 5. The fraction of sp³-hybridized carbons (Fsp3) is 1.00. The van der Waals surface area contributed by atoms with Gasteiger partial charge in [-0.15, -0.1) is 0 Å². The molecule has 0 amide bonds. The van der Waals surface area contributed by atoms with Gasteiger partial charge in [0.05, 0.1) is 16.8 Å². The zero-order valence-corrected chi connectivity index (χ0v) is 11.4. The predicted octanol–water partition coefficient (Wildman–Crippen LogP) is -0.594. The van der Waals surface area contributed by atoms with E-state index in [1.807, 2.05) is 0 Å². The Kier molecular flexibility index (Phi) is 4.86. The van der Waals surface area contributed by atoms with E-state index in [9.17, 15) is 30.0 Å². The Morgan fingerprint density at radius 1 is 1.26 bits per heavy atom. The molecule has 1 saturated heterocycles. The summed E-state index contributed by atoms with van der Waals surface area (Å²) in [6, 6.07) is 0. The van der Waals surface area contributed by atoms with E-state index in [4.69, 9.17) is 5.11 Å². The quantitative estimate of drug-likeness (QED) is 0.719. The monoisotopic (exact) mass is 325 g/mol. The van der Waals surface area contributed by atoms with Crippen LogP contribution in [0.3, 0.4) is 0 Å². The number of alkyl halides is 3. The summed E-state index contributed by atoms with van der Waals surface area (Å²) in [7, 11) is -7.32. The molecule has 0 aromatic carbocycles. The second-order valence-electron chi connectivity index (χ2n) is 4.30. The molecule has 114 valence electrons. The van der Waals surface area contributed by atoms with Gasteiger partial charge in [0.15, 0.2) is 6.10 Å². The molecule has 0 aromatic heterocycles. The van der Waals surface area contributed by atoms with E-state index in [0.29, 0.717) is 0 Å². The van der Waals surface area contributed by atoms with E-state index >= 15 is 0 Å². The molecule has 0 bridgehead atoms. The smallest absolute Gasteiger partial charge is 0.382 e. The summed E-state index contributed by atoms with van der Waals surface area (Å²) in [6.07, 6.45) is -7.99. The van der Waals surface area contributed by atoms with Crippen molar-refractivity contribution in [1.29, 1.82) is 0 Å². The van der Waals surface area contributed by atoms with Gasteiger partial charge in [-0.2, -0.15) is 13.2 Å². The zero-order valence-electron chi connectivity index (χ0n) is 9.72. The van der Waals surface area contributed by atoms with Gasteiger partial charge in [-0.1, -0.05) is 0 Å². The minimum atomic E-state index is -4.90. The maximum atomic E-state index is 12.0. The van der Waals surface area contributed by atoms with Crippen molar-refractivity contribution in [3.63, 3.8) is 0 Å². The molecule has 0 radical (unpaired) electrons. The maximum absolute atomic E-state index is 12.0. The number of halogens is 3. The minimum Gasteiger partial charge on any atom is -0.382 e. The van der Waals surface area contributed by atoms with Crippen LogP contribution >= 0.6 is 0 Å². The van der Waals surface area contributed by atoms with Gasteiger partial charge in [-0.3, -0.25) is 0 Å². The van der Waals surface area contributed by atoms with Crippen LogP contribution < -0.4 is 4.72 Å². The first-order valence-corrected chi connectivity index (χ1v) is 8.74. The van der Waals surface area contributed by atoms with Crippen LogP contribution in [0.25, 0.3) is 0 Å². The lowest BCUT2D eigenvalue weighted by Gasteiger charge is -2.23. The Labute approximate surface area is 109 Å². The largest absolute Gasteiger partial charge is 0.415 e. The third kappa shape index (κ3) is 4.89. The highest BCUT2D eigenvalue weighted by Gasteiger charge is 2.40. The predicted molar refractivity (Wildman–Crippen MR) is 60.7 cm³/mol. The molecule has 1 aliphatic rings. The van der Waals surface area contributed by atoms with E-state index < -0.39 is 43.9 Å². The molecule has 1 heterocycles. The average Bonchev–Trinajstić information content (AvgIpc) is 2.24. The molecule has 1 fully saturated rings. The number of sulfonamides is 1. The minimum absolute atomic E-state index is 0.153. The first kappa shape index (κ1) is 16.7. The number of sulfone groups is 1. The number of aliphatic hydroxyl groups excluding tert-OH is 1. The van der Waals surface area contributed by atoms with Crippen molar-refractivity contribution in [3.8, 4) is 0 Å². The van der Waals surface area contributed by atoms with Crippen molar-refractivity contribution in [3.05, 3.63) is 0 Å². The van der Waals surface area contributed by atoms with Crippen molar-refractivity contribution in [1.82, 2.24) is 4.72 Å². The molecule has 6 nitrogen and oxygen atoms in total. The van der Waals surface area contributed by atoms with Gasteiger partial charge in [0, 0.05) is 6.54 Å². The lowest BCUT2D eigenvalue weighted by Crippen LogP contribution is -2.45. The summed E-state index contributed by atoms with van der Waals surface area (Å²) in [5.74, 6) is -0.610. The van der Waals surface area contributed by atoms with Crippen molar-refractivity contribution in [2.45, 2.75) is 30.4 Å². The van der Waals surface area contributed by atoms with Crippen LogP contribution in [-0.4, -0.2) is 57.5 Å². The third-order valence-corrected chi connectivity index (χ3v) is 6.43. The standard InChI is InChI=1S/C8H14F3NO5S2/c9-8(10,11)7(13)5-12-19(16,17)6-1-3-18(14,15)4-2-6/h6-7,12-13H,1-5H2. The van der Waals surface area contributed by atoms with Crippen LogP contribution in [0.1, 0.15) is 12.8 Å². The summed E-state index contributed by atoms with van der Waals surface area (Å²) in [6.45, 7) is -1.17. The summed E-state index contributed by atoms with van der Waals surface area (Å²) in [5, 5.41) is 7.64. The number of rotatable bonds is 4. The number of nitrogens with one attached hydrogen (secondary N) is 1. The highest BCUT2D eigenvalue weighted by Crippen LogP contribution is 2.21. The van der Waals surface area contributed by atoms with Crippen molar-refractivity contribution in [2.75, 3.05) is 18.1 Å². The Balaban J connectivity index is 2.58. The molecule has 0 saturated carbocycles. The molecule has 0 spiro atoms. The van der Waals surface area contributed by atoms with Gasteiger partial charge in [-0.05, 0) is 12.8 Å². The zero-order chi connectivity index (χ0) is 14.9. The Morgan fingerprint density at radius 2 is 1.74 bits per heavy atom. The van der Waals surface area contributed by atoms with E-state index in [1.54, 1.807) is 4.72 Å². The molecule has 11 heteroatoms. The van der Waals surface area contributed by atoms with Crippen LogP contribution in [0.4, 0.5) is 13.2 Å². The number of aliphatic hydroxyl groups is 1. The fourth-order valence-electron chi connectivity index (χ4n) is 1.61. The Hall–Kier alpha value is -0.390. The molecule has 0 aliphatic carbocycles. The topological polar surface area (TPSA) is 101 Å².